The number of piperidine rings is 1. The number of amides is 1. The van der Waals surface area contributed by atoms with E-state index in [1.807, 2.05) is 6.92 Å². The van der Waals surface area contributed by atoms with E-state index in [1.54, 1.807) is 24.3 Å². The number of hydrogen-bond donors (Lipinski definition) is 2. The molecule has 0 bridgehead atoms. The summed E-state index contributed by atoms with van der Waals surface area (Å²) in [6.07, 6.45) is 1.19. The second-order valence-electron chi connectivity index (χ2n) is 6.75. The van der Waals surface area contributed by atoms with E-state index in [0.29, 0.717) is 23.9 Å². The number of nitrogens with one attached hydrogen (secondary N) is 1. The van der Waals surface area contributed by atoms with Crippen molar-refractivity contribution < 1.29 is 14.7 Å². The molecule has 1 aromatic heterocycles. The highest BCUT2D eigenvalue weighted by Crippen LogP contribution is 2.23. The van der Waals surface area contributed by atoms with Gasteiger partial charge in [0.25, 0.3) is 5.56 Å². The van der Waals surface area contributed by atoms with Gasteiger partial charge in [-0.1, -0.05) is 19.1 Å². The lowest BCUT2D eigenvalue weighted by Crippen LogP contribution is -2.50. The maximum atomic E-state index is 12.6. The zero-order valence-corrected chi connectivity index (χ0v) is 14.5. The Hall–Kier alpha value is -2.90. The Balaban J connectivity index is 1.82. The number of aromatic nitrogens is 2. The first-order valence-electron chi connectivity index (χ1n) is 8.62. The molecule has 1 fully saturated rings. The fraction of sp³-hybridized carbons (Fsp3) is 0.444. The summed E-state index contributed by atoms with van der Waals surface area (Å²) in [6, 6.07) is 5.85. The normalized spacial score (nSPS) is 20.3. The molecule has 8 nitrogen and oxygen atoms in total. The summed E-state index contributed by atoms with van der Waals surface area (Å²) in [7, 11) is 0. The van der Waals surface area contributed by atoms with Crippen molar-refractivity contribution in [1.29, 1.82) is 0 Å². The molecule has 0 spiro atoms. The van der Waals surface area contributed by atoms with E-state index in [2.05, 4.69) is 4.98 Å². The van der Waals surface area contributed by atoms with Gasteiger partial charge in [0.2, 0.25) is 5.91 Å². The molecule has 2 heterocycles. The molecule has 8 heteroatoms. The number of aromatic amines is 1. The fourth-order valence-corrected chi connectivity index (χ4v) is 3.49. The van der Waals surface area contributed by atoms with E-state index in [4.69, 9.17) is 0 Å². The minimum atomic E-state index is -1.00. The van der Waals surface area contributed by atoms with Crippen molar-refractivity contribution in [3.63, 3.8) is 0 Å². The molecule has 2 aromatic rings. The number of fused-ring (bicyclic) bond motifs is 1. The van der Waals surface area contributed by atoms with Crippen LogP contribution in [0, 0.1) is 5.92 Å². The Morgan fingerprint density at radius 1 is 1.27 bits per heavy atom. The van der Waals surface area contributed by atoms with Crippen LogP contribution in [-0.4, -0.2) is 44.0 Å². The molecule has 1 saturated heterocycles. The molecule has 0 aliphatic carbocycles. The Kier molecular flexibility index (Phi) is 4.92. The molecule has 0 radical (unpaired) electrons. The van der Waals surface area contributed by atoms with Gasteiger partial charge in [0.15, 0.2) is 0 Å². The highest BCUT2D eigenvalue weighted by Gasteiger charge is 2.34. The summed E-state index contributed by atoms with van der Waals surface area (Å²) in [4.78, 5) is 51.7. The minimum absolute atomic E-state index is 0.00585. The predicted molar refractivity (Wildman–Crippen MR) is 95.0 cm³/mol. The molecule has 1 aromatic carbocycles. The van der Waals surface area contributed by atoms with Crippen LogP contribution in [0.5, 0.6) is 0 Å². The highest BCUT2D eigenvalue weighted by molar-refractivity contribution is 5.84. The van der Waals surface area contributed by atoms with Crippen molar-refractivity contribution in [3.05, 3.63) is 45.1 Å². The Bertz CT molecular complexity index is 961. The number of carbonyl (C=O) groups excluding carboxylic acids is 1. The fourth-order valence-electron chi connectivity index (χ4n) is 3.49. The summed E-state index contributed by atoms with van der Waals surface area (Å²) in [6.45, 7) is 2.45. The SMILES string of the molecule is CC1CCN(C(=O)CCn2c(=O)[nH]c(=O)c3ccccc32)C(C(=O)O)C1. The van der Waals surface area contributed by atoms with Gasteiger partial charge in [-0.15, -0.1) is 0 Å². The third kappa shape index (κ3) is 3.40. The molecular weight excluding hydrogens is 338 g/mol. The van der Waals surface area contributed by atoms with Gasteiger partial charge in [-0.2, -0.15) is 0 Å². The monoisotopic (exact) mass is 359 g/mol. The molecule has 3 rings (SSSR count). The van der Waals surface area contributed by atoms with Gasteiger partial charge in [-0.25, -0.2) is 9.59 Å². The average Bonchev–Trinajstić information content (AvgIpc) is 2.61. The number of para-hydroxylation sites is 1. The molecule has 26 heavy (non-hydrogen) atoms. The quantitative estimate of drug-likeness (QED) is 0.838. The molecule has 1 aliphatic heterocycles. The molecule has 2 unspecified atom stereocenters. The second kappa shape index (κ2) is 7.15. The van der Waals surface area contributed by atoms with E-state index in [-0.39, 0.29) is 24.8 Å². The largest absolute Gasteiger partial charge is 0.480 e. The van der Waals surface area contributed by atoms with E-state index >= 15 is 0 Å². The number of carboxylic acid groups (broad SMARTS) is 1. The number of aliphatic carboxylic acids is 1. The highest BCUT2D eigenvalue weighted by atomic mass is 16.4. The van der Waals surface area contributed by atoms with E-state index in [0.717, 1.165) is 6.42 Å². The number of rotatable bonds is 4. The molecule has 1 amide bonds. The van der Waals surface area contributed by atoms with Crippen LogP contribution in [0.15, 0.2) is 33.9 Å². The topological polar surface area (TPSA) is 112 Å². The molecule has 2 N–H and O–H groups in total. The summed E-state index contributed by atoms with van der Waals surface area (Å²) in [5.74, 6) is -1.05. The first-order valence-corrected chi connectivity index (χ1v) is 8.62. The van der Waals surface area contributed by atoms with Gasteiger partial charge in [0.1, 0.15) is 6.04 Å². The molecule has 1 aliphatic rings. The minimum Gasteiger partial charge on any atom is -0.480 e. The van der Waals surface area contributed by atoms with Crippen LogP contribution in [-0.2, 0) is 16.1 Å². The standard InChI is InChI=1S/C18H21N3O5/c1-11-6-8-20(14(10-11)17(24)25)15(22)7-9-21-13-5-3-2-4-12(13)16(23)19-18(21)26/h2-5,11,14H,6-10H2,1H3,(H,24,25)(H,19,23,26). The summed E-state index contributed by atoms with van der Waals surface area (Å²) in [5, 5.41) is 9.76. The van der Waals surface area contributed by atoms with Crippen LogP contribution >= 0.6 is 0 Å². The number of aryl methyl sites for hydroxylation is 1. The number of H-pyrrole nitrogens is 1. The second-order valence-corrected chi connectivity index (χ2v) is 6.75. The number of carboxylic acids is 1. The van der Waals surface area contributed by atoms with Crippen molar-refractivity contribution in [2.75, 3.05) is 6.54 Å². The lowest BCUT2D eigenvalue weighted by atomic mass is 9.92. The average molecular weight is 359 g/mol. The predicted octanol–water partition coefficient (Wildman–Crippen LogP) is 0.792. The number of benzene rings is 1. The van der Waals surface area contributed by atoms with Crippen molar-refractivity contribution >= 4 is 22.8 Å². The third-order valence-electron chi connectivity index (χ3n) is 4.92. The third-order valence-corrected chi connectivity index (χ3v) is 4.92. The molecular formula is C18H21N3O5. The lowest BCUT2D eigenvalue weighted by molar-refractivity contribution is -0.153. The van der Waals surface area contributed by atoms with Crippen molar-refractivity contribution in [1.82, 2.24) is 14.5 Å². The maximum absolute atomic E-state index is 12.6. The first kappa shape index (κ1) is 17.9. The Morgan fingerprint density at radius 2 is 2.00 bits per heavy atom. The number of likely N-dealkylation sites (tertiary alicyclic amines) is 1. The van der Waals surface area contributed by atoms with E-state index < -0.39 is 23.3 Å². The van der Waals surface area contributed by atoms with E-state index in [1.165, 1.54) is 9.47 Å². The zero-order chi connectivity index (χ0) is 18.8. The van der Waals surface area contributed by atoms with Crippen molar-refractivity contribution in [3.8, 4) is 0 Å². The van der Waals surface area contributed by atoms with Crippen LogP contribution in [0.25, 0.3) is 10.9 Å². The lowest BCUT2D eigenvalue weighted by Gasteiger charge is -2.36. The van der Waals surface area contributed by atoms with Crippen molar-refractivity contribution in [2.24, 2.45) is 5.92 Å². The smallest absolute Gasteiger partial charge is 0.328 e. The van der Waals surface area contributed by atoms with E-state index in [9.17, 15) is 24.3 Å². The van der Waals surface area contributed by atoms with Crippen LogP contribution < -0.4 is 11.2 Å². The number of nitrogens with zero attached hydrogens (tertiary/aromatic N) is 2. The van der Waals surface area contributed by atoms with Crippen LogP contribution in [0.3, 0.4) is 0 Å². The van der Waals surface area contributed by atoms with Gasteiger partial charge in [0.05, 0.1) is 10.9 Å². The van der Waals surface area contributed by atoms with Gasteiger partial charge in [-0.3, -0.25) is 19.1 Å². The number of carbonyl (C=O) groups is 2. The van der Waals surface area contributed by atoms with Gasteiger partial charge >= 0.3 is 11.7 Å². The first-order chi connectivity index (χ1) is 12.4. The number of hydrogen-bond acceptors (Lipinski definition) is 4. The molecule has 2 atom stereocenters. The molecule has 138 valence electrons. The van der Waals surface area contributed by atoms with Crippen LogP contribution in [0.1, 0.15) is 26.2 Å². The summed E-state index contributed by atoms with van der Waals surface area (Å²) in [5.41, 5.74) is -0.594. The van der Waals surface area contributed by atoms with Crippen molar-refractivity contribution in [2.45, 2.75) is 38.8 Å². The van der Waals surface area contributed by atoms with Gasteiger partial charge in [-0.05, 0) is 30.9 Å². The van der Waals surface area contributed by atoms with Crippen LogP contribution in [0.2, 0.25) is 0 Å². The summed E-state index contributed by atoms with van der Waals surface area (Å²) < 4.78 is 1.34. The van der Waals surface area contributed by atoms with Gasteiger partial charge < -0.3 is 10.0 Å². The van der Waals surface area contributed by atoms with Gasteiger partial charge in [0, 0.05) is 19.5 Å². The van der Waals surface area contributed by atoms with Crippen LogP contribution in [0.4, 0.5) is 0 Å². The zero-order valence-electron chi connectivity index (χ0n) is 14.5. The molecule has 0 saturated carbocycles. The summed E-state index contributed by atoms with van der Waals surface area (Å²) >= 11 is 0. The maximum Gasteiger partial charge on any atom is 0.328 e. The Labute approximate surface area is 149 Å². The Morgan fingerprint density at radius 3 is 2.73 bits per heavy atom.